The standard InChI is InChI=1S/C18H15FN6OS/c1-11-5-6-15-21-14(8-16(26)24(15)9-11)10-27-18-23-22-17(25(18)20)12-3-2-4-13(19)7-12/h2-9H,10,20H2,1H3. The fourth-order valence-corrected chi connectivity index (χ4v) is 3.42. The molecular weight excluding hydrogens is 367 g/mol. The van der Waals surface area contributed by atoms with Crippen LogP contribution in [0.25, 0.3) is 17.0 Å². The van der Waals surface area contributed by atoms with Crippen LogP contribution >= 0.6 is 11.8 Å². The SMILES string of the molecule is Cc1ccc2nc(CSc3nnc(-c4cccc(F)c4)n3N)cc(=O)n2c1. The summed E-state index contributed by atoms with van der Waals surface area (Å²) in [5.74, 6) is 6.44. The molecule has 4 aromatic rings. The molecule has 0 aliphatic rings. The number of nitrogens with zero attached hydrogens (tertiary/aromatic N) is 5. The lowest BCUT2D eigenvalue weighted by molar-refractivity contribution is 0.628. The summed E-state index contributed by atoms with van der Waals surface area (Å²) in [6.45, 7) is 1.92. The molecule has 0 fully saturated rings. The van der Waals surface area contributed by atoms with Crippen LogP contribution in [-0.4, -0.2) is 24.3 Å². The van der Waals surface area contributed by atoms with Crippen LogP contribution in [0.1, 0.15) is 11.3 Å². The van der Waals surface area contributed by atoms with Gasteiger partial charge in [0.2, 0.25) is 5.16 Å². The van der Waals surface area contributed by atoms with E-state index in [1.807, 2.05) is 13.0 Å². The summed E-state index contributed by atoms with van der Waals surface area (Å²) in [6, 6.07) is 11.2. The molecule has 0 aliphatic heterocycles. The maximum absolute atomic E-state index is 13.4. The monoisotopic (exact) mass is 382 g/mol. The van der Waals surface area contributed by atoms with E-state index in [-0.39, 0.29) is 11.4 Å². The number of aromatic nitrogens is 5. The van der Waals surface area contributed by atoms with E-state index in [1.54, 1.807) is 24.4 Å². The zero-order valence-corrected chi connectivity index (χ0v) is 15.2. The van der Waals surface area contributed by atoms with E-state index >= 15 is 0 Å². The Hall–Kier alpha value is -3.20. The van der Waals surface area contributed by atoms with E-state index < -0.39 is 0 Å². The van der Waals surface area contributed by atoms with E-state index in [2.05, 4.69) is 15.2 Å². The molecule has 9 heteroatoms. The minimum atomic E-state index is -0.374. The third-order valence-electron chi connectivity index (χ3n) is 3.96. The Morgan fingerprint density at radius 3 is 2.85 bits per heavy atom. The summed E-state index contributed by atoms with van der Waals surface area (Å²) in [7, 11) is 0. The summed E-state index contributed by atoms with van der Waals surface area (Å²) < 4.78 is 16.2. The van der Waals surface area contributed by atoms with Crippen LogP contribution in [-0.2, 0) is 5.75 Å². The Morgan fingerprint density at radius 1 is 1.19 bits per heavy atom. The van der Waals surface area contributed by atoms with Gasteiger partial charge in [-0.3, -0.25) is 9.20 Å². The minimum absolute atomic E-state index is 0.144. The summed E-state index contributed by atoms with van der Waals surface area (Å²) in [5.41, 5.74) is 2.57. The first-order chi connectivity index (χ1) is 13.0. The van der Waals surface area contributed by atoms with Gasteiger partial charge in [-0.05, 0) is 30.7 Å². The molecule has 0 aliphatic carbocycles. The molecule has 2 N–H and O–H groups in total. The molecule has 0 amide bonds. The van der Waals surface area contributed by atoms with Crippen molar-refractivity contribution in [3.05, 3.63) is 76.1 Å². The molecule has 0 unspecified atom stereocenters. The van der Waals surface area contributed by atoms with Crippen molar-refractivity contribution in [2.75, 3.05) is 5.84 Å². The highest BCUT2D eigenvalue weighted by molar-refractivity contribution is 7.98. The van der Waals surface area contributed by atoms with Gasteiger partial charge in [-0.2, -0.15) is 0 Å². The van der Waals surface area contributed by atoms with Crippen molar-refractivity contribution in [2.24, 2.45) is 0 Å². The number of nitrogens with two attached hydrogens (primary N) is 1. The molecule has 7 nitrogen and oxygen atoms in total. The summed E-state index contributed by atoms with van der Waals surface area (Å²) in [5, 5.41) is 8.53. The number of halogens is 1. The third-order valence-corrected chi connectivity index (χ3v) is 4.93. The van der Waals surface area contributed by atoms with Crippen LogP contribution in [0.3, 0.4) is 0 Å². The fraction of sp³-hybridized carbons (Fsp3) is 0.111. The van der Waals surface area contributed by atoms with Gasteiger partial charge in [-0.1, -0.05) is 30.0 Å². The molecule has 27 heavy (non-hydrogen) atoms. The van der Waals surface area contributed by atoms with Gasteiger partial charge in [0, 0.05) is 23.6 Å². The molecule has 0 bridgehead atoms. The third kappa shape index (κ3) is 3.41. The van der Waals surface area contributed by atoms with Crippen LogP contribution in [0.5, 0.6) is 0 Å². The lowest BCUT2D eigenvalue weighted by atomic mass is 10.2. The van der Waals surface area contributed by atoms with Gasteiger partial charge >= 0.3 is 0 Å². The first-order valence-electron chi connectivity index (χ1n) is 8.09. The van der Waals surface area contributed by atoms with Crippen molar-refractivity contribution in [3.63, 3.8) is 0 Å². The number of thioether (sulfide) groups is 1. The maximum atomic E-state index is 13.4. The maximum Gasteiger partial charge on any atom is 0.258 e. The quantitative estimate of drug-likeness (QED) is 0.431. The number of fused-ring (bicyclic) bond motifs is 1. The number of aryl methyl sites for hydroxylation is 1. The second kappa shape index (κ2) is 6.84. The average molecular weight is 382 g/mol. The van der Waals surface area contributed by atoms with E-state index in [0.717, 1.165) is 5.56 Å². The summed E-state index contributed by atoms with van der Waals surface area (Å²) >= 11 is 1.30. The van der Waals surface area contributed by atoms with Gasteiger partial charge in [0.1, 0.15) is 11.5 Å². The lowest BCUT2D eigenvalue weighted by Crippen LogP contribution is -2.15. The topological polar surface area (TPSA) is 91.1 Å². The molecule has 3 aromatic heterocycles. The van der Waals surface area contributed by atoms with Gasteiger partial charge < -0.3 is 5.84 Å². The molecule has 1 aromatic carbocycles. The Kier molecular flexibility index (Phi) is 4.36. The molecule has 136 valence electrons. The van der Waals surface area contributed by atoms with Crippen molar-refractivity contribution < 1.29 is 4.39 Å². The second-order valence-electron chi connectivity index (χ2n) is 6.00. The summed E-state index contributed by atoms with van der Waals surface area (Å²) in [6.07, 6.45) is 1.75. The molecule has 0 spiro atoms. The lowest BCUT2D eigenvalue weighted by Gasteiger charge is -2.05. The van der Waals surface area contributed by atoms with Gasteiger partial charge in [-0.15, -0.1) is 10.2 Å². The molecule has 0 saturated heterocycles. The molecule has 0 saturated carbocycles. The Labute approximate surface area is 157 Å². The van der Waals surface area contributed by atoms with Crippen molar-refractivity contribution >= 4 is 17.4 Å². The zero-order chi connectivity index (χ0) is 19.0. The normalized spacial score (nSPS) is 11.2. The number of rotatable bonds is 4. The molecule has 3 heterocycles. The Morgan fingerprint density at radius 2 is 2.04 bits per heavy atom. The Bertz CT molecular complexity index is 1200. The van der Waals surface area contributed by atoms with E-state index in [1.165, 1.54) is 39.0 Å². The highest BCUT2D eigenvalue weighted by atomic mass is 32.2. The zero-order valence-electron chi connectivity index (χ0n) is 14.3. The van der Waals surface area contributed by atoms with Crippen molar-refractivity contribution in [1.29, 1.82) is 0 Å². The molecule has 0 atom stereocenters. The highest BCUT2D eigenvalue weighted by Gasteiger charge is 2.13. The Balaban J connectivity index is 1.58. The van der Waals surface area contributed by atoms with E-state index in [0.29, 0.717) is 33.6 Å². The second-order valence-corrected chi connectivity index (χ2v) is 6.94. The van der Waals surface area contributed by atoms with Gasteiger partial charge in [-0.25, -0.2) is 14.1 Å². The molecular formula is C18H15FN6OS. The predicted molar refractivity (Wildman–Crippen MR) is 101 cm³/mol. The van der Waals surface area contributed by atoms with Crippen LogP contribution < -0.4 is 11.4 Å². The minimum Gasteiger partial charge on any atom is -0.335 e. The number of nitrogen functional groups attached to an aromatic ring is 1. The van der Waals surface area contributed by atoms with Crippen molar-refractivity contribution in [3.8, 4) is 11.4 Å². The molecule has 0 radical (unpaired) electrons. The van der Waals surface area contributed by atoms with Gasteiger partial charge in [0.15, 0.2) is 5.82 Å². The van der Waals surface area contributed by atoms with Crippen molar-refractivity contribution in [1.82, 2.24) is 24.3 Å². The smallest absolute Gasteiger partial charge is 0.258 e. The van der Waals surface area contributed by atoms with Crippen molar-refractivity contribution in [2.45, 2.75) is 17.8 Å². The largest absolute Gasteiger partial charge is 0.335 e. The summed E-state index contributed by atoms with van der Waals surface area (Å²) in [4.78, 5) is 16.8. The van der Waals surface area contributed by atoms with Gasteiger partial charge in [0.25, 0.3) is 5.56 Å². The first kappa shape index (κ1) is 17.2. The van der Waals surface area contributed by atoms with Crippen LogP contribution in [0.4, 0.5) is 4.39 Å². The number of benzene rings is 1. The fourth-order valence-electron chi connectivity index (χ4n) is 2.67. The first-order valence-corrected chi connectivity index (χ1v) is 9.08. The predicted octanol–water partition coefficient (Wildman–Crippen LogP) is 2.41. The highest BCUT2D eigenvalue weighted by Crippen LogP contribution is 2.24. The number of hydrogen-bond acceptors (Lipinski definition) is 6. The van der Waals surface area contributed by atoms with Crippen LogP contribution in [0.2, 0.25) is 0 Å². The number of pyridine rings is 1. The van der Waals surface area contributed by atoms with Crippen LogP contribution in [0, 0.1) is 12.7 Å². The van der Waals surface area contributed by atoms with E-state index in [4.69, 9.17) is 5.84 Å². The average Bonchev–Trinajstić information content (AvgIpc) is 3.01. The van der Waals surface area contributed by atoms with E-state index in [9.17, 15) is 9.18 Å². The van der Waals surface area contributed by atoms with Crippen LogP contribution in [0.15, 0.2) is 58.6 Å². The molecule has 4 rings (SSSR count). The van der Waals surface area contributed by atoms with Gasteiger partial charge in [0.05, 0.1) is 5.69 Å². The number of hydrogen-bond donors (Lipinski definition) is 1.